The maximum atomic E-state index is 14.0. The molecule has 0 aromatic heterocycles. The fourth-order valence-corrected chi connectivity index (χ4v) is 5.64. The van der Waals surface area contributed by atoms with Crippen LogP contribution in [0.4, 0.5) is 5.69 Å². The second kappa shape index (κ2) is 13.7. The van der Waals surface area contributed by atoms with Gasteiger partial charge in [0.25, 0.3) is 10.0 Å². The van der Waals surface area contributed by atoms with Crippen molar-refractivity contribution in [3.8, 4) is 11.5 Å². The molecule has 0 aliphatic rings. The predicted molar refractivity (Wildman–Crippen MR) is 150 cm³/mol. The molecule has 0 saturated carbocycles. The zero-order valence-corrected chi connectivity index (χ0v) is 23.5. The number of likely N-dealkylation sites (N-methyl/N-ethyl adjacent to an activating group) is 1. The van der Waals surface area contributed by atoms with Gasteiger partial charge in [0.15, 0.2) is 0 Å². The fraction of sp³-hybridized carbons (Fsp3) is 0.310. The summed E-state index contributed by atoms with van der Waals surface area (Å²) in [5.41, 5.74) is 1.02. The Morgan fingerprint density at radius 3 is 2.10 bits per heavy atom. The second-order valence-corrected chi connectivity index (χ2v) is 10.5. The van der Waals surface area contributed by atoms with Crippen LogP contribution in [0.15, 0.2) is 83.8 Å². The monoisotopic (exact) mass is 553 g/mol. The van der Waals surface area contributed by atoms with Crippen molar-refractivity contribution in [1.82, 2.24) is 10.2 Å². The van der Waals surface area contributed by atoms with Crippen LogP contribution in [0.25, 0.3) is 0 Å². The molecule has 9 nitrogen and oxygen atoms in total. The lowest BCUT2D eigenvalue weighted by Gasteiger charge is -2.33. The summed E-state index contributed by atoms with van der Waals surface area (Å²) in [5.74, 6) is -0.0468. The van der Waals surface area contributed by atoms with E-state index in [1.54, 1.807) is 43.3 Å². The number of carbonyl (C=O) groups is 2. The van der Waals surface area contributed by atoms with Crippen LogP contribution >= 0.6 is 0 Å². The Balaban J connectivity index is 2.09. The van der Waals surface area contributed by atoms with Crippen molar-refractivity contribution in [2.24, 2.45) is 0 Å². The quantitative estimate of drug-likeness (QED) is 0.345. The zero-order valence-electron chi connectivity index (χ0n) is 22.7. The van der Waals surface area contributed by atoms with Crippen molar-refractivity contribution < 1.29 is 27.5 Å². The molecule has 3 rings (SSSR count). The molecule has 2 amide bonds. The molecule has 39 heavy (non-hydrogen) atoms. The first kappa shape index (κ1) is 29.5. The van der Waals surface area contributed by atoms with Gasteiger partial charge in [-0.3, -0.25) is 13.9 Å². The first-order valence-corrected chi connectivity index (χ1v) is 14.1. The number of carbonyl (C=O) groups excluding carboxylic acids is 2. The molecule has 0 spiro atoms. The van der Waals surface area contributed by atoms with Gasteiger partial charge in [0.2, 0.25) is 11.8 Å². The van der Waals surface area contributed by atoms with E-state index in [2.05, 4.69) is 5.32 Å². The van der Waals surface area contributed by atoms with Gasteiger partial charge in [-0.05, 0) is 55.3 Å². The minimum absolute atomic E-state index is 0.0209. The predicted octanol–water partition coefficient (Wildman–Crippen LogP) is 3.84. The lowest BCUT2D eigenvalue weighted by molar-refractivity contribution is -0.140. The van der Waals surface area contributed by atoms with E-state index in [4.69, 9.17) is 9.47 Å². The number of anilines is 1. The summed E-state index contributed by atoms with van der Waals surface area (Å²) in [6.45, 7) is 3.62. The normalized spacial score (nSPS) is 11.8. The topological polar surface area (TPSA) is 105 Å². The maximum absolute atomic E-state index is 14.0. The van der Waals surface area contributed by atoms with Crippen molar-refractivity contribution in [2.45, 2.75) is 37.8 Å². The van der Waals surface area contributed by atoms with Gasteiger partial charge in [0, 0.05) is 13.1 Å². The minimum Gasteiger partial charge on any atom is -0.497 e. The molecule has 0 aliphatic carbocycles. The largest absolute Gasteiger partial charge is 0.497 e. The van der Waals surface area contributed by atoms with Gasteiger partial charge >= 0.3 is 0 Å². The summed E-state index contributed by atoms with van der Waals surface area (Å²) in [6.07, 6.45) is 0.351. The van der Waals surface area contributed by atoms with E-state index >= 15 is 0 Å². The van der Waals surface area contributed by atoms with Gasteiger partial charge in [-0.1, -0.05) is 49.4 Å². The molecule has 1 N–H and O–H groups in total. The van der Waals surface area contributed by atoms with Crippen molar-refractivity contribution >= 4 is 27.5 Å². The first-order valence-electron chi connectivity index (χ1n) is 12.7. The van der Waals surface area contributed by atoms with E-state index in [9.17, 15) is 18.0 Å². The van der Waals surface area contributed by atoms with Crippen LogP contribution in [-0.2, 0) is 26.2 Å². The van der Waals surface area contributed by atoms with Gasteiger partial charge in [0.05, 0.1) is 24.8 Å². The van der Waals surface area contributed by atoms with Gasteiger partial charge in [0.1, 0.15) is 24.1 Å². The van der Waals surface area contributed by atoms with Crippen LogP contribution < -0.4 is 19.1 Å². The van der Waals surface area contributed by atoms with E-state index in [1.807, 2.05) is 37.3 Å². The molecular weight excluding hydrogens is 518 g/mol. The van der Waals surface area contributed by atoms with Crippen LogP contribution in [0, 0.1) is 0 Å². The standard InChI is InChI=1S/C29H35N3O6S/c1-5-25(29(34)30-6-2)31(20-22-12-8-7-9-13-22)28(33)21-32(26-14-10-11-15-27(26)38-4)39(35,36)24-18-16-23(37-3)17-19-24/h7-19,25H,5-6,20-21H2,1-4H3,(H,30,34)/t25-/m0/s1. The highest BCUT2D eigenvalue weighted by atomic mass is 32.2. The molecule has 0 radical (unpaired) electrons. The molecule has 208 valence electrons. The number of sulfonamides is 1. The number of rotatable bonds is 13. The third-order valence-corrected chi connectivity index (χ3v) is 7.99. The molecule has 3 aromatic carbocycles. The summed E-state index contributed by atoms with van der Waals surface area (Å²) in [6, 6.07) is 21.0. The summed E-state index contributed by atoms with van der Waals surface area (Å²) in [7, 11) is -1.30. The highest BCUT2D eigenvalue weighted by Crippen LogP contribution is 2.33. The Morgan fingerprint density at radius 1 is 0.872 bits per heavy atom. The SMILES string of the molecule is CCNC(=O)[C@H](CC)N(Cc1ccccc1)C(=O)CN(c1ccccc1OC)S(=O)(=O)c1ccc(OC)cc1. The molecule has 1 atom stereocenters. The second-order valence-electron chi connectivity index (χ2n) is 8.68. The lowest BCUT2D eigenvalue weighted by atomic mass is 10.1. The Kier molecular flexibility index (Phi) is 10.3. The summed E-state index contributed by atoms with van der Waals surface area (Å²) >= 11 is 0. The lowest BCUT2D eigenvalue weighted by Crippen LogP contribution is -2.52. The van der Waals surface area contributed by atoms with Crippen molar-refractivity contribution in [3.05, 3.63) is 84.4 Å². The minimum atomic E-state index is -4.23. The first-order chi connectivity index (χ1) is 18.8. The molecule has 0 fully saturated rings. The molecule has 0 heterocycles. The van der Waals surface area contributed by atoms with Gasteiger partial charge < -0.3 is 19.7 Å². The molecule has 3 aromatic rings. The third kappa shape index (κ3) is 7.08. The summed E-state index contributed by atoms with van der Waals surface area (Å²) < 4.78 is 39.6. The zero-order chi connectivity index (χ0) is 28.4. The van der Waals surface area contributed by atoms with E-state index in [0.717, 1.165) is 9.87 Å². The number of amides is 2. The highest BCUT2D eigenvalue weighted by molar-refractivity contribution is 7.92. The Hall–Kier alpha value is -4.05. The van der Waals surface area contributed by atoms with Crippen LogP contribution in [0.5, 0.6) is 11.5 Å². The summed E-state index contributed by atoms with van der Waals surface area (Å²) in [5, 5.41) is 2.79. The average Bonchev–Trinajstić information content (AvgIpc) is 2.96. The molecule has 0 unspecified atom stereocenters. The number of ether oxygens (including phenoxy) is 2. The van der Waals surface area contributed by atoms with E-state index in [-0.39, 0.29) is 28.8 Å². The smallest absolute Gasteiger partial charge is 0.264 e. The Labute approximate surface area is 230 Å². The highest BCUT2D eigenvalue weighted by Gasteiger charge is 2.34. The van der Waals surface area contributed by atoms with Gasteiger partial charge in [-0.15, -0.1) is 0 Å². The number of hydrogen-bond acceptors (Lipinski definition) is 6. The fourth-order valence-electron chi connectivity index (χ4n) is 4.22. The maximum Gasteiger partial charge on any atom is 0.264 e. The van der Waals surface area contributed by atoms with Crippen LogP contribution in [0.3, 0.4) is 0 Å². The van der Waals surface area contributed by atoms with Crippen LogP contribution in [-0.4, -0.2) is 58.5 Å². The van der Waals surface area contributed by atoms with Crippen molar-refractivity contribution in [3.63, 3.8) is 0 Å². The van der Waals surface area contributed by atoms with E-state index < -0.39 is 28.5 Å². The number of nitrogens with one attached hydrogen (secondary N) is 1. The van der Waals surface area contributed by atoms with Crippen LogP contribution in [0.1, 0.15) is 25.8 Å². The molecule has 0 bridgehead atoms. The molecule has 0 saturated heterocycles. The average molecular weight is 554 g/mol. The molecule has 10 heteroatoms. The third-order valence-electron chi connectivity index (χ3n) is 6.21. The number of nitrogens with zero attached hydrogens (tertiary/aromatic N) is 2. The van der Waals surface area contributed by atoms with E-state index in [0.29, 0.717) is 18.7 Å². The van der Waals surface area contributed by atoms with Gasteiger partial charge in [-0.2, -0.15) is 0 Å². The van der Waals surface area contributed by atoms with Crippen molar-refractivity contribution in [1.29, 1.82) is 0 Å². The number of para-hydroxylation sites is 2. The van der Waals surface area contributed by atoms with Crippen LogP contribution in [0.2, 0.25) is 0 Å². The Bertz CT molecular complexity index is 1350. The van der Waals surface area contributed by atoms with E-state index in [1.165, 1.54) is 31.3 Å². The summed E-state index contributed by atoms with van der Waals surface area (Å²) in [4.78, 5) is 28.4. The Morgan fingerprint density at radius 2 is 1.51 bits per heavy atom. The number of benzene rings is 3. The molecular formula is C29H35N3O6S. The van der Waals surface area contributed by atoms with Crippen molar-refractivity contribution in [2.75, 3.05) is 31.6 Å². The number of hydrogen-bond donors (Lipinski definition) is 1. The number of methoxy groups -OCH3 is 2. The van der Waals surface area contributed by atoms with Gasteiger partial charge in [-0.25, -0.2) is 8.42 Å². The molecule has 0 aliphatic heterocycles.